The number of rotatable bonds is 2. The van der Waals surface area contributed by atoms with Gasteiger partial charge in [-0.05, 0) is 40.5 Å². The van der Waals surface area contributed by atoms with Gasteiger partial charge in [-0.2, -0.15) is 0 Å². The van der Waals surface area contributed by atoms with E-state index in [0.717, 1.165) is 12.8 Å². The quantitative estimate of drug-likeness (QED) is 0.721. The van der Waals surface area contributed by atoms with Gasteiger partial charge in [-0.25, -0.2) is 4.79 Å². The van der Waals surface area contributed by atoms with Gasteiger partial charge in [0.05, 0.1) is 5.60 Å². The molecule has 0 aromatic carbocycles. The van der Waals surface area contributed by atoms with E-state index in [1.807, 2.05) is 27.7 Å². The predicted octanol–water partition coefficient (Wildman–Crippen LogP) is 1.22. The van der Waals surface area contributed by atoms with Gasteiger partial charge in [-0.15, -0.1) is 0 Å². The summed E-state index contributed by atoms with van der Waals surface area (Å²) in [6.45, 7) is 8.11. The highest BCUT2D eigenvalue weighted by molar-refractivity contribution is 5.77. The van der Waals surface area contributed by atoms with Gasteiger partial charge < -0.3 is 15.2 Å². The first kappa shape index (κ1) is 11.9. The van der Waals surface area contributed by atoms with Crippen molar-refractivity contribution in [2.45, 2.75) is 57.8 Å². The van der Waals surface area contributed by atoms with E-state index in [1.54, 1.807) is 0 Å². The number of carbonyl (C=O) groups is 1. The lowest BCUT2D eigenvalue weighted by molar-refractivity contribution is -0.169. The minimum absolute atomic E-state index is 0.152. The number of esters is 1. The van der Waals surface area contributed by atoms with Crippen molar-refractivity contribution in [3.8, 4) is 0 Å². The van der Waals surface area contributed by atoms with Crippen molar-refractivity contribution in [2.24, 2.45) is 11.1 Å². The van der Waals surface area contributed by atoms with Crippen molar-refractivity contribution in [1.82, 2.24) is 0 Å². The van der Waals surface area contributed by atoms with Crippen LogP contribution in [0.3, 0.4) is 0 Å². The average Bonchev–Trinajstić information content (AvgIpc) is 2.50. The van der Waals surface area contributed by atoms with Crippen LogP contribution in [0.25, 0.3) is 0 Å². The van der Waals surface area contributed by atoms with Gasteiger partial charge in [-0.3, -0.25) is 0 Å². The molecular formula is C12H21NO3. The van der Waals surface area contributed by atoms with Crippen LogP contribution in [0.15, 0.2) is 0 Å². The Balaban J connectivity index is 2.08. The molecule has 1 aliphatic carbocycles. The molecule has 1 saturated carbocycles. The minimum Gasteiger partial charge on any atom is -0.458 e. The Hall–Kier alpha value is -0.610. The highest BCUT2D eigenvalue weighted by Crippen LogP contribution is 2.61. The van der Waals surface area contributed by atoms with Crippen molar-refractivity contribution < 1.29 is 14.3 Å². The van der Waals surface area contributed by atoms with Crippen LogP contribution < -0.4 is 5.73 Å². The number of hydrogen-bond donors (Lipinski definition) is 1. The number of carbonyl (C=O) groups excluding carboxylic acids is 1. The van der Waals surface area contributed by atoms with Crippen LogP contribution in [-0.2, 0) is 14.3 Å². The highest BCUT2D eigenvalue weighted by atomic mass is 16.6. The van der Waals surface area contributed by atoms with E-state index >= 15 is 0 Å². The van der Waals surface area contributed by atoms with Gasteiger partial charge in [0.25, 0.3) is 0 Å². The van der Waals surface area contributed by atoms with Gasteiger partial charge >= 0.3 is 5.97 Å². The second kappa shape index (κ2) is 3.20. The average molecular weight is 227 g/mol. The number of hydrogen-bond acceptors (Lipinski definition) is 4. The molecule has 3 aliphatic rings. The van der Waals surface area contributed by atoms with E-state index in [1.165, 1.54) is 0 Å². The third-order valence-electron chi connectivity index (χ3n) is 3.44. The summed E-state index contributed by atoms with van der Waals surface area (Å²) in [6, 6.07) is 0. The maximum absolute atomic E-state index is 12.0. The molecule has 0 spiro atoms. The third kappa shape index (κ3) is 1.74. The Morgan fingerprint density at radius 3 is 2.50 bits per heavy atom. The lowest BCUT2D eigenvalue weighted by Gasteiger charge is -2.42. The van der Waals surface area contributed by atoms with Gasteiger partial charge in [0, 0.05) is 12.0 Å². The molecule has 4 nitrogen and oxygen atoms in total. The van der Waals surface area contributed by atoms with Crippen LogP contribution in [-0.4, -0.2) is 29.8 Å². The molecule has 0 aromatic heterocycles. The van der Waals surface area contributed by atoms with E-state index in [9.17, 15) is 4.79 Å². The zero-order chi connectivity index (χ0) is 12.2. The van der Waals surface area contributed by atoms with Crippen molar-refractivity contribution in [1.29, 1.82) is 0 Å². The standard InChI is InChI=1S/C12H21NO3/c1-10(2,3)16-9(14)8-12(7-13)5-11(4,6-12)15-8/h8H,5-7,13H2,1-4H3. The fraction of sp³-hybridized carbons (Fsp3) is 0.917. The molecule has 16 heavy (non-hydrogen) atoms. The molecule has 3 rings (SSSR count). The van der Waals surface area contributed by atoms with Gasteiger partial charge in [0.15, 0.2) is 6.10 Å². The molecule has 92 valence electrons. The van der Waals surface area contributed by atoms with Gasteiger partial charge in [-0.1, -0.05) is 0 Å². The van der Waals surface area contributed by atoms with Crippen LogP contribution in [0.2, 0.25) is 0 Å². The normalized spacial score (nSPS) is 41.7. The molecule has 2 heterocycles. The van der Waals surface area contributed by atoms with E-state index in [-0.39, 0.29) is 17.0 Å². The van der Waals surface area contributed by atoms with E-state index in [0.29, 0.717) is 6.54 Å². The van der Waals surface area contributed by atoms with E-state index < -0.39 is 11.7 Å². The molecule has 0 amide bonds. The summed E-state index contributed by atoms with van der Waals surface area (Å²) in [7, 11) is 0. The molecule has 1 unspecified atom stereocenters. The Bertz CT molecular complexity index is 313. The second-order valence-corrected chi connectivity index (χ2v) is 6.40. The SMILES string of the molecule is CC(C)(C)OC(=O)C1OC2(C)CC1(CN)C2. The first-order chi connectivity index (χ1) is 7.20. The van der Waals surface area contributed by atoms with Crippen LogP contribution >= 0.6 is 0 Å². The second-order valence-electron chi connectivity index (χ2n) is 6.40. The molecule has 1 atom stereocenters. The van der Waals surface area contributed by atoms with Crippen molar-refractivity contribution >= 4 is 5.97 Å². The van der Waals surface area contributed by atoms with E-state index in [2.05, 4.69) is 0 Å². The largest absolute Gasteiger partial charge is 0.458 e. The fourth-order valence-electron chi connectivity index (χ4n) is 3.02. The summed E-state index contributed by atoms with van der Waals surface area (Å²) < 4.78 is 11.1. The Kier molecular flexibility index (Phi) is 2.37. The van der Waals surface area contributed by atoms with Crippen molar-refractivity contribution in [3.63, 3.8) is 0 Å². The molecule has 2 N–H and O–H groups in total. The number of ether oxygens (including phenoxy) is 2. The van der Waals surface area contributed by atoms with Crippen molar-refractivity contribution in [3.05, 3.63) is 0 Å². The Morgan fingerprint density at radius 1 is 1.50 bits per heavy atom. The van der Waals surface area contributed by atoms with E-state index in [4.69, 9.17) is 15.2 Å². The van der Waals surface area contributed by atoms with Crippen molar-refractivity contribution in [2.75, 3.05) is 6.54 Å². The maximum atomic E-state index is 12.0. The summed E-state index contributed by atoms with van der Waals surface area (Å²) in [6.07, 6.45) is 1.28. The maximum Gasteiger partial charge on any atom is 0.336 e. The zero-order valence-electron chi connectivity index (χ0n) is 10.5. The molecule has 0 radical (unpaired) electrons. The number of fused-ring (bicyclic) bond motifs is 1. The molecule has 2 bridgehead atoms. The summed E-state index contributed by atoms with van der Waals surface area (Å²) in [4.78, 5) is 12.0. The third-order valence-corrected chi connectivity index (χ3v) is 3.44. The minimum atomic E-state index is -0.471. The zero-order valence-corrected chi connectivity index (χ0v) is 10.5. The lowest BCUT2D eigenvalue weighted by Crippen LogP contribution is -2.50. The summed E-state index contributed by atoms with van der Waals surface area (Å²) in [5.74, 6) is -0.265. The summed E-state index contributed by atoms with van der Waals surface area (Å²) in [5.41, 5.74) is 4.98. The lowest BCUT2D eigenvalue weighted by atomic mass is 9.61. The molecule has 0 aromatic rings. The van der Waals surface area contributed by atoms with Crippen LogP contribution in [0.1, 0.15) is 40.5 Å². The first-order valence-electron chi connectivity index (χ1n) is 5.81. The molecular weight excluding hydrogens is 206 g/mol. The first-order valence-corrected chi connectivity index (χ1v) is 5.81. The molecule has 2 aliphatic heterocycles. The van der Waals surface area contributed by atoms with Gasteiger partial charge in [0.1, 0.15) is 5.60 Å². The van der Waals surface area contributed by atoms with Crippen LogP contribution in [0, 0.1) is 5.41 Å². The molecule has 3 fully saturated rings. The summed E-state index contributed by atoms with van der Waals surface area (Å²) >= 11 is 0. The van der Waals surface area contributed by atoms with Gasteiger partial charge in [0.2, 0.25) is 0 Å². The molecule has 2 saturated heterocycles. The molecule has 4 heteroatoms. The van der Waals surface area contributed by atoms with Crippen LogP contribution in [0.5, 0.6) is 0 Å². The topological polar surface area (TPSA) is 61.5 Å². The Labute approximate surface area is 96.5 Å². The monoisotopic (exact) mass is 227 g/mol. The Morgan fingerprint density at radius 2 is 2.06 bits per heavy atom. The number of nitrogens with two attached hydrogens (primary N) is 1. The highest BCUT2D eigenvalue weighted by Gasteiger charge is 2.67. The smallest absolute Gasteiger partial charge is 0.336 e. The fourth-order valence-corrected chi connectivity index (χ4v) is 3.02. The predicted molar refractivity (Wildman–Crippen MR) is 59.8 cm³/mol. The van der Waals surface area contributed by atoms with Crippen LogP contribution in [0.4, 0.5) is 0 Å². The summed E-state index contributed by atoms with van der Waals surface area (Å²) in [5, 5.41) is 0.